The van der Waals surface area contributed by atoms with E-state index in [1.54, 1.807) is 0 Å². The summed E-state index contributed by atoms with van der Waals surface area (Å²) in [4.78, 5) is 9.84. The van der Waals surface area contributed by atoms with E-state index in [9.17, 15) is 8.42 Å². The summed E-state index contributed by atoms with van der Waals surface area (Å²) in [7, 11) is -3.56. The second-order valence-corrected chi connectivity index (χ2v) is 6.73. The molecule has 1 aromatic heterocycles. The van der Waals surface area contributed by atoms with Crippen LogP contribution in [0, 0.1) is 0 Å². The van der Waals surface area contributed by atoms with Gasteiger partial charge >= 0.3 is 0 Å². The molecular weight excluding hydrogens is 278 g/mol. The van der Waals surface area contributed by atoms with Crippen molar-refractivity contribution in [3.8, 4) is 0 Å². The number of hydrogen-bond donors (Lipinski definition) is 2. The molecule has 0 unspecified atom stereocenters. The quantitative estimate of drug-likeness (QED) is 0.806. The Balaban J connectivity index is 1.94. The van der Waals surface area contributed by atoms with Gasteiger partial charge in [0.1, 0.15) is 4.90 Å². The van der Waals surface area contributed by atoms with Crippen molar-refractivity contribution < 1.29 is 8.42 Å². The maximum Gasteiger partial charge on any atom is 0.243 e. The van der Waals surface area contributed by atoms with Gasteiger partial charge in [-0.25, -0.2) is 23.1 Å². The highest BCUT2D eigenvalue weighted by Crippen LogP contribution is 2.14. The maximum absolute atomic E-state index is 12.2. The van der Waals surface area contributed by atoms with Crippen molar-refractivity contribution in [2.75, 3.05) is 25.4 Å². The predicted molar refractivity (Wildman–Crippen MR) is 76.5 cm³/mol. The standard InChI is InChI=1S/C12H21N5O2S/c1-2-5-17-6-3-10(4-7-17)16-20(18,19)11-8-14-12(13)15-9-11/h8-10,16H,2-7H2,1H3,(H2,13,14,15). The number of likely N-dealkylation sites (tertiary alicyclic amines) is 1. The van der Waals surface area contributed by atoms with Crippen molar-refractivity contribution >= 4 is 16.0 Å². The number of piperidine rings is 1. The van der Waals surface area contributed by atoms with Gasteiger partial charge in [0.2, 0.25) is 16.0 Å². The number of nitrogens with one attached hydrogen (secondary N) is 1. The summed E-state index contributed by atoms with van der Waals surface area (Å²) < 4.78 is 27.1. The van der Waals surface area contributed by atoms with Gasteiger partial charge in [0, 0.05) is 6.04 Å². The molecule has 2 heterocycles. The van der Waals surface area contributed by atoms with Gasteiger partial charge in [-0.3, -0.25) is 0 Å². The smallest absolute Gasteiger partial charge is 0.243 e. The third kappa shape index (κ3) is 3.87. The lowest BCUT2D eigenvalue weighted by Gasteiger charge is -2.31. The van der Waals surface area contributed by atoms with Crippen molar-refractivity contribution in [3.63, 3.8) is 0 Å². The number of aromatic nitrogens is 2. The molecule has 20 heavy (non-hydrogen) atoms. The molecule has 1 saturated heterocycles. The molecule has 1 aliphatic rings. The molecule has 1 aliphatic heterocycles. The van der Waals surface area contributed by atoms with Crippen LogP contribution in [-0.4, -0.2) is 49.0 Å². The van der Waals surface area contributed by atoms with Crippen molar-refractivity contribution in [2.45, 2.75) is 37.1 Å². The van der Waals surface area contributed by atoms with E-state index in [-0.39, 0.29) is 16.9 Å². The number of nitrogens with two attached hydrogens (primary N) is 1. The fourth-order valence-corrected chi connectivity index (χ4v) is 3.54. The van der Waals surface area contributed by atoms with E-state index in [4.69, 9.17) is 5.73 Å². The van der Waals surface area contributed by atoms with E-state index in [0.717, 1.165) is 38.9 Å². The van der Waals surface area contributed by atoms with Crippen LogP contribution in [0.1, 0.15) is 26.2 Å². The first-order valence-corrected chi connectivity index (χ1v) is 8.32. The van der Waals surface area contributed by atoms with Crippen molar-refractivity contribution in [3.05, 3.63) is 12.4 Å². The molecule has 0 saturated carbocycles. The molecule has 0 spiro atoms. The summed E-state index contributed by atoms with van der Waals surface area (Å²) >= 11 is 0. The molecule has 0 aliphatic carbocycles. The van der Waals surface area contributed by atoms with Gasteiger partial charge in [-0.15, -0.1) is 0 Å². The SMILES string of the molecule is CCCN1CCC(NS(=O)(=O)c2cnc(N)nc2)CC1. The van der Waals surface area contributed by atoms with Crippen LogP contribution in [0.4, 0.5) is 5.95 Å². The normalized spacial score (nSPS) is 18.2. The average Bonchev–Trinajstić information content (AvgIpc) is 2.41. The first kappa shape index (κ1) is 15.1. The Labute approximate surface area is 119 Å². The Kier molecular flexibility index (Phi) is 4.90. The molecule has 1 fully saturated rings. The minimum absolute atomic E-state index is 0.0225. The molecule has 0 amide bonds. The van der Waals surface area contributed by atoms with Crippen molar-refractivity contribution in [2.24, 2.45) is 0 Å². The first-order chi connectivity index (χ1) is 9.51. The molecule has 2 rings (SSSR count). The third-order valence-corrected chi connectivity index (χ3v) is 4.88. The molecule has 7 nitrogen and oxygen atoms in total. The highest BCUT2D eigenvalue weighted by molar-refractivity contribution is 7.89. The summed E-state index contributed by atoms with van der Waals surface area (Å²) in [5, 5.41) is 0. The number of nitrogens with zero attached hydrogens (tertiary/aromatic N) is 3. The number of sulfonamides is 1. The van der Waals surface area contributed by atoms with Crippen LogP contribution in [-0.2, 0) is 10.0 Å². The molecule has 112 valence electrons. The van der Waals surface area contributed by atoms with Crippen LogP contribution in [0.5, 0.6) is 0 Å². The largest absolute Gasteiger partial charge is 0.368 e. The van der Waals surface area contributed by atoms with Crippen LogP contribution in [0.2, 0.25) is 0 Å². The van der Waals surface area contributed by atoms with Crippen LogP contribution in [0.15, 0.2) is 17.3 Å². The van der Waals surface area contributed by atoms with Crippen LogP contribution in [0.3, 0.4) is 0 Å². The minimum atomic E-state index is -3.56. The Hall–Kier alpha value is -1.25. The van der Waals surface area contributed by atoms with Crippen LogP contribution < -0.4 is 10.5 Å². The van der Waals surface area contributed by atoms with Gasteiger partial charge in [-0.05, 0) is 38.9 Å². The summed E-state index contributed by atoms with van der Waals surface area (Å²) in [5.74, 6) is 0.0665. The van der Waals surface area contributed by atoms with E-state index < -0.39 is 10.0 Å². The predicted octanol–water partition coefficient (Wildman–Crippen LogP) is 0.212. The lowest BCUT2D eigenvalue weighted by Crippen LogP contribution is -2.44. The molecule has 0 aromatic carbocycles. The lowest BCUT2D eigenvalue weighted by atomic mass is 10.1. The Bertz CT molecular complexity index is 523. The average molecular weight is 299 g/mol. The molecule has 0 bridgehead atoms. The highest BCUT2D eigenvalue weighted by atomic mass is 32.2. The van der Waals surface area contributed by atoms with Gasteiger partial charge < -0.3 is 10.6 Å². The zero-order valence-corrected chi connectivity index (χ0v) is 12.4. The molecule has 1 aromatic rings. The fourth-order valence-electron chi connectivity index (χ4n) is 2.34. The molecule has 0 atom stereocenters. The van der Waals surface area contributed by atoms with E-state index in [1.165, 1.54) is 12.4 Å². The van der Waals surface area contributed by atoms with Crippen LogP contribution >= 0.6 is 0 Å². The summed E-state index contributed by atoms with van der Waals surface area (Å²) in [6.07, 6.45) is 5.25. The summed E-state index contributed by atoms with van der Waals surface area (Å²) in [6.45, 7) is 5.08. The summed E-state index contributed by atoms with van der Waals surface area (Å²) in [5.41, 5.74) is 5.35. The monoisotopic (exact) mass is 299 g/mol. The van der Waals surface area contributed by atoms with Crippen molar-refractivity contribution in [1.82, 2.24) is 19.6 Å². The van der Waals surface area contributed by atoms with Gasteiger partial charge in [0.15, 0.2) is 0 Å². The van der Waals surface area contributed by atoms with E-state index in [2.05, 4.69) is 26.5 Å². The van der Waals surface area contributed by atoms with E-state index >= 15 is 0 Å². The summed E-state index contributed by atoms with van der Waals surface area (Å²) in [6, 6.07) is -0.0225. The molecule has 8 heteroatoms. The van der Waals surface area contributed by atoms with Crippen LogP contribution in [0.25, 0.3) is 0 Å². The fraction of sp³-hybridized carbons (Fsp3) is 0.667. The Morgan fingerprint density at radius 1 is 1.35 bits per heavy atom. The second-order valence-electron chi connectivity index (χ2n) is 5.01. The zero-order chi connectivity index (χ0) is 14.6. The van der Waals surface area contributed by atoms with Crippen molar-refractivity contribution in [1.29, 1.82) is 0 Å². The number of anilines is 1. The second kappa shape index (κ2) is 6.47. The topological polar surface area (TPSA) is 101 Å². The van der Waals surface area contributed by atoms with E-state index in [1.807, 2.05) is 0 Å². The molecule has 0 radical (unpaired) electrons. The highest BCUT2D eigenvalue weighted by Gasteiger charge is 2.24. The maximum atomic E-state index is 12.2. The number of rotatable bonds is 5. The lowest BCUT2D eigenvalue weighted by molar-refractivity contribution is 0.208. The van der Waals surface area contributed by atoms with Gasteiger partial charge in [-0.2, -0.15) is 0 Å². The van der Waals surface area contributed by atoms with Gasteiger partial charge in [0.05, 0.1) is 12.4 Å². The first-order valence-electron chi connectivity index (χ1n) is 6.83. The van der Waals surface area contributed by atoms with Gasteiger partial charge in [-0.1, -0.05) is 6.92 Å². The zero-order valence-electron chi connectivity index (χ0n) is 11.6. The van der Waals surface area contributed by atoms with E-state index in [0.29, 0.717) is 0 Å². The Morgan fingerprint density at radius 3 is 2.50 bits per heavy atom. The van der Waals surface area contributed by atoms with Gasteiger partial charge in [0.25, 0.3) is 0 Å². The minimum Gasteiger partial charge on any atom is -0.368 e. The number of hydrogen-bond acceptors (Lipinski definition) is 6. The molecular formula is C12H21N5O2S. The number of nitrogen functional groups attached to an aromatic ring is 1. The molecule has 3 N–H and O–H groups in total. The third-order valence-electron chi connectivity index (χ3n) is 3.41. The Morgan fingerprint density at radius 2 is 1.95 bits per heavy atom.